The highest BCUT2D eigenvalue weighted by Gasteiger charge is 2.36. The molecule has 1 amide bonds. The van der Waals surface area contributed by atoms with Gasteiger partial charge in [0.2, 0.25) is 0 Å². The predicted molar refractivity (Wildman–Crippen MR) is 120 cm³/mol. The third-order valence-electron chi connectivity index (χ3n) is 5.02. The highest BCUT2D eigenvalue weighted by molar-refractivity contribution is 7.65. The lowest BCUT2D eigenvalue weighted by molar-refractivity contribution is -0.250. The Hall–Kier alpha value is -2.38. The maximum atomic E-state index is 11.9. The van der Waals surface area contributed by atoms with E-state index in [1.54, 1.807) is 17.7 Å². The molecule has 0 bridgehead atoms. The number of carbonyl (C=O) groups excluding carboxylic acids is 1. The quantitative estimate of drug-likeness (QED) is 0.233. The predicted octanol–water partition coefficient (Wildman–Crippen LogP) is -0.908. The van der Waals surface area contributed by atoms with Gasteiger partial charge in [0.15, 0.2) is 0 Å². The third kappa shape index (κ3) is 8.06. The number of hydrogen-bond donors (Lipinski definition) is 3. The number of nitrogens with zero attached hydrogens (tertiary/aromatic N) is 3. The van der Waals surface area contributed by atoms with E-state index >= 15 is 0 Å². The van der Waals surface area contributed by atoms with Gasteiger partial charge in [0, 0.05) is 6.20 Å². The van der Waals surface area contributed by atoms with E-state index in [1.807, 2.05) is 0 Å². The molecule has 6 atom stereocenters. The van der Waals surface area contributed by atoms with Crippen LogP contribution in [0.3, 0.4) is 0 Å². The summed E-state index contributed by atoms with van der Waals surface area (Å²) >= 11 is 0. The maximum absolute atomic E-state index is 11.9. The fourth-order valence-corrected chi connectivity index (χ4v) is 6.34. The summed E-state index contributed by atoms with van der Waals surface area (Å²) in [7, 11) is -16.3. The Morgan fingerprint density at radius 2 is 2.00 bits per heavy atom. The number of nitrogens with one attached hydrogen (secondary N) is 1. The van der Waals surface area contributed by atoms with Crippen LogP contribution in [0.2, 0.25) is 0 Å². The molecule has 2 aromatic rings. The van der Waals surface area contributed by atoms with Gasteiger partial charge in [-0.05, 0) is 12.3 Å². The zero-order valence-electron chi connectivity index (χ0n) is 19.6. The molecule has 4 unspecified atom stereocenters. The van der Waals surface area contributed by atoms with Gasteiger partial charge in [-0.1, -0.05) is 18.8 Å². The Balaban J connectivity index is 1.73. The number of alkyl carbamates (subject to hydrolysis) is 1. The average Bonchev–Trinajstić information content (AvgIpc) is 3.33. The summed E-state index contributed by atoms with van der Waals surface area (Å²) in [5.41, 5.74) is 6.78. The van der Waals surface area contributed by atoms with Crippen molar-refractivity contribution in [2.75, 3.05) is 26.0 Å². The van der Waals surface area contributed by atoms with E-state index in [1.165, 1.54) is 13.4 Å². The molecule has 0 aliphatic carbocycles. The first-order valence-corrected chi connectivity index (χ1v) is 14.8. The van der Waals surface area contributed by atoms with Crippen molar-refractivity contribution in [1.29, 1.82) is 0 Å². The van der Waals surface area contributed by atoms with E-state index in [0.717, 1.165) is 0 Å². The fourth-order valence-electron chi connectivity index (χ4n) is 3.45. The van der Waals surface area contributed by atoms with Crippen LogP contribution in [0, 0.1) is 17.8 Å². The molecule has 38 heavy (non-hydrogen) atoms. The van der Waals surface area contributed by atoms with Crippen LogP contribution in [-0.4, -0.2) is 51.9 Å². The second-order valence-electron chi connectivity index (χ2n) is 7.72. The van der Waals surface area contributed by atoms with Crippen molar-refractivity contribution in [2.24, 2.45) is 5.92 Å². The molecular weight excluding hydrogens is 575 g/mol. The van der Waals surface area contributed by atoms with Gasteiger partial charge in [-0.3, -0.25) is 13.7 Å². The number of aromatic nitrogens is 3. The first-order valence-electron chi connectivity index (χ1n) is 10.4. The van der Waals surface area contributed by atoms with Gasteiger partial charge in [0.05, 0.1) is 37.3 Å². The number of methoxy groups -OCH3 is 1. The van der Waals surface area contributed by atoms with Crippen LogP contribution in [-0.2, 0) is 36.3 Å². The molecule has 0 saturated carbocycles. The Labute approximate surface area is 214 Å². The normalized spacial score (nSPS) is 24.0. The molecule has 21 heteroatoms. The number of nitrogens with two attached hydrogens (primary N) is 1. The third-order valence-corrected chi connectivity index (χ3v) is 8.71. The number of ether oxygens (including phenoxy) is 2. The minimum atomic E-state index is -6.01. The van der Waals surface area contributed by atoms with Crippen molar-refractivity contribution in [3.05, 3.63) is 18.1 Å². The number of hydrogen-bond acceptors (Lipinski definition) is 15. The molecule has 0 radical (unpaired) electrons. The fraction of sp³-hybridized carbons (Fsp3) is 0.471. The zero-order valence-corrected chi connectivity index (χ0v) is 22.3. The molecule has 4 N–H and O–H groups in total. The van der Waals surface area contributed by atoms with Crippen molar-refractivity contribution < 1.29 is 60.7 Å². The van der Waals surface area contributed by atoms with E-state index in [0.29, 0.717) is 23.0 Å². The van der Waals surface area contributed by atoms with Gasteiger partial charge in [-0.15, -0.1) is 0 Å². The van der Waals surface area contributed by atoms with Crippen molar-refractivity contribution in [1.82, 2.24) is 19.9 Å². The van der Waals surface area contributed by atoms with Gasteiger partial charge >= 0.3 is 6.09 Å². The van der Waals surface area contributed by atoms with Gasteiger partial charge in [0.1, 0.15) is 24.0 Å². The highest BCUT2D eigenvalue weighted by atomic mass is 31.3. The van der Waals surface area contributed by atoms with Crippen molar-refractivity contribution >= 4 is 46.4 Å². The summed E-state index contributed by atoms with van der Waals surface area (Å²) < 4.78 is 57.1. The van der Waals surface area contributed by atoms with E-state index in [-0.39, 0.29) is 18.3 Å². The van der Waals surface area contributed by atoms with Gasteiger partial charge in [-0.2, -0.15) is 0 Å². The van der Waals surface area contributed by atoms with E-state index in [9.17, 15) is 33.2 Å². The lowest BCUT2D eigenvalue weighted by atomic mass is 10.0. The Morgan fingerprint density at radius 3 is 2.66 bits per heavy atom. The maximum Gasteiger partial charge on any atom is 0.407 e. The molecule has 2 aromatic heterocycles. The molecule has 1 fully saturated rings. The monoisotopic (exact) mass is 596 g/mol. The van der Waals surface area contributed by atoms with Crippen LogP contribution < -0.4 is 25.7 Å². The summed E-state index contributed by atoms with van der Waals surface area (Å²) in [4.78, 5) is 61.6. The molecule has 1 aliphatic heterocycles. The Morgan fingerprint density at radius 1 is 1.29 bits per heavy atom. The highest BCUT2D eigenvalue weighted by Crippen LogP contribution is 2.61. The van der Waals surface area contributed by atoms with E-state index in [2.05, 4.69) is 45.0 Å². The standard InChI is InChI=1S/C17H24N5O13P3/c1-10-6-13(33-12(10)8-32-37(27,28)35-38(29,30)34-36(24,25)26)22-7-11(4-3-5-19-17(23)31-2)14-15(18)20-9-21-16(14)22/h7,9-10,12-13H,5-6,8H2,1-2H3,(H,19,23)(H,27,28)(H,29,30)(H2,18,20,21)(H2,24,25,26)/p-3/t10?,12-,13-/m1/s1. The number of amides is 1. The number of anilines is 1. The first-order chi connectivity index (χ1) is 17.6. The van der Waals surface area contributed by atoms with Crippen LogP contribution >= 0.6 is 23.5 Å². The van der Waals surface area contributed by atoms with Crippen molar-refractivity contribution in [2.45, 2.75) is 25.7 Å². The van der Waals surface area contributed by atoms with E-state index < -0.39 is 48.5 Å². The Kier molecular flexibility index (Phi) is 9.36. The van der Waals surface area contributed by atoms with Gasteiger partial charge in [0.25, 0.3) is 23.5 Å². The summed E-state index contributed by atoms with van der Waals surface area (Å²) in [6.45, 7) is 0.987. The summed E-state index contributed by atoms with van der Waals surface area (Å²) in [5, 5.41) is 2.82. The summed E-state index contributed by atoms with van der Waals surface area (Å²) in [5.74, 6) is 5.39. The van der Waals surface area contributed by atoms with Crippen LogP contribution in [0.5, 0.6) is 0 Å². The number of phosphoric ester groups is 1. The van der Waals surface area contributed by atoms with Crippen LogP contribution in [0.25, 0.3) is 11.0 Å². The lowest BCUT2D eigenvalue weighted by Gasteiger charge is -2.33. The number of fused-ring (bicyclic) bond motifs is 1. The molecule has 18 nitrogen and oxygen atoms in total. The topological polar surface area (TPSA) is 273 Å². The summed E-state index contributed by atoms with van der Waals surface area (Å²) in [6, 6.07) is 0. The second-order valence-corrected chi connectivity index (χ2v) is 12.0. The SMILES string of the molecule is COC(=O)NCC#Cc1cn([C@H]2CC(C)[C@@H](COP(=O)([O-])OP(=O)([O-])OP(=O)([O-])O)O2)c2ncnc(N)c12. The smallest absolute Gasteiger partial charge is 0.407 e. The Bertz CT molecular complexity index is 1400. The van der Waals surface area contributed by atoms with Crippen LogP contribution in [0.1, 0.15) is 25.1 Å². The van der Waals surface area contributed by atoms with Crippen LogP contribution in [0.15, 0.2) is 12.5 Å². The molecule has 3 rings (SSSR count). The number of rotatable bonds is 9. The largest absolute Gasteiger partial charge is 0.756 e. The molecular formula is C17H21N5O13P3-3. The number of phosphoric acid groups is 3. The minimum absolute atomic E-state index is 0.0212. The number of nitrogen functional groups attached to an aromatic ring is 1. The van der Waals surface area contributed by atoms with E-state index in [4.69, 9.17) is 15.4 Å². The second kappa shape index (κ2) is 11.8. The average molecular weight is 596 g/mol. The zero-order chi connectivity index (χ0) is 28.3. The lowest BCUT2D eigenvalue weighted by Crippen LogP contribution is -2.23. The molecule has 0 aromatic carbocycles. The number of carbonyl (C=O) groups is 1. The molecule has 1 saturated heterocycles. The summed E-state index contributed by atoms with van der Waals surface area (Å²) in [6.07, 6.45) is 0.880. The van der Waals surface area contributed by atoms with Crippen LogP contribution in [0.4, 0.5) is 10.6 Å². The molecule has 0 spiro atoms. The van der Waals surface area contributed by atoms with Crippen molar-refractivity contribution in [3.63, 3.8) is 0 Å². The molecule has 3 heterocycles. The molecule has 210 valence electrons. The first kappa shape index (κ1) is 30.2. The molecule has 1 aliphatic rings. The van der Waals surface area contributed by atoms with Gasteiger partial charge in [-0.25, -0.2) is 23.4 Å². The minimum Gasteiger partial charge on any atom is -0.756 e. The van der Waals surface area contributed by atoms with Crippen molar-refractivity contribution in [3.8, 4) is 11.8 Å². The van der Waals surface area contributed by atoms with Gasteiger partial charge < -0.3 is 49.2 Å².